The van der Waals surface area contributed by atoms with Gasteiger partial charge in [0.15, 0.2) is 0 Å². The van der Waals surface area contributed by atoms with E-state index in [0.717, 1.165) is 26.1 Å². The van der Waals surface area contributed by atoms with Gasteiger partial charge in [-0.1, -0.05) is 6.92 Å². The van der Waals surface area contributed by atoms with E-state index >= 15 is 0 Å². The van der Waals surface area contributed by atoms with Crippen molar-refractivity contribution in [3.63, 3.8) is 0 Å². The number of aliphatic hydroxyl groups is 1. The Morgan fingerprint density at radius 1 is 1.64 bits per heavy atom. The van der Waals surface area contributed by atoms with Gasteiger partial charge in [-0.05, 0) is 26.6 Å². The van der Waals surface area contributed by atoms with Crippen LogP contribution < -0.4 is 5.32 Å². The quantitative estimate of drug-likeness (QED) is 0.577. The fourth-order valence-electron chi connectivity index (χ4n) is 1.62. The second-order valence-electron chi connectivity index (χ2n) is 3.14. The van der Waals surface area contributed by atoms with Gasteiger partial charge in [0.05, 0.1) is 6.10 Å². The third-order valence-electron chi connectivity index (χ3n) is 2.48. The zero-order valence-corrected chi connectivity index (χ0v) is 7.38. The Balaban J connectivity index is 2.34. The van der Waals surface area contributed by atoms with Crippen molar-refractivity contribution in [1.82, 2.24) is 10.2 Å². The molecule has 0 spiro atoms. The Morgan fingerprint density at radius 2 is 2.36 bits per heavy atom. The minimum atomic E-state index is -0.186. The van der Waals surface area contributed by atoms with Crippen LogP contribution in [0.4, 0.5) is 0 Å². The van der Waals surface area contributed by atoms with E-state index in [9.17, 15) is 5.11 Å². The lowest BCUT2D eigenvalue weighted by Gasteiger charge is -2.34. The highest BCUT2D eigenvalue weighted by Crippen LogP contribution is 2.09. The highest BCUT2D eigenvalue weighted by molar-refractivity contribution is 4.83. The summed E-state index contributed by atoms with van der Waals surface area (Å²) in [6.45, 7) is 5.11. The number of likely N-dealkylation sites (N-methyl/N-ethyl adjacent to an activating group) is 2. The van der Waals surface area contributed by atoms with Gasteiger partial charge in [0, 0.05) is 12.6 Å². The van der Waals surface area contributed by atoms with Crippen LogP contribution in [0.2, 0.25) is 0 Å². The molecule has 0 aromatic rings. The van der Waals surface area contributed by atoms with Crippen LogP contribution in [0, 0.1) is 0 Å². The van der Waals surface area contributed by atoms with Gasteiger partial charge in [-0.25, -0.2) is 0 Å². The molecule has 0 aromatic carbocycles. The first-order valence-electron chi connectivity index (χ1n) is 4.35. The van der Waals surface area contributed by atoms with E-state index < -0.39 is 0 Å². The maximum atomic E-state index is 9.57. The van der Waals surface area contributed by atoms with Gasteiger partial charge in [-0.15, -0.1) is 0 Å². The molecule has 0 aliphatic carbocycles. The standard InChI is InChI=1S/C8H18N2O/c1-3-10-5-4-7(9-2)8(11)6-10/h7-9,11H,3-6H2,1-2H3/t7-,8-/m1/s1. The molecule has 0 saturated carbocycles. The van der Waals surface area contributed by atoms with Crippen molar-refractivity contribution in [3.8, 4) is 0 Å². The smallest absolute Gasteiger partial charge is 0.0820 e. The predicted molar refractivity (Wildman–Crippen MR) is 45.6 cm³/mol. The summed E-state index contributed by atoms with van der Waals surface area (Å²) >= 11 is 0. The summed E-state index contributed by atoms with van der Waals surface area (Å²) in [4.78, 5) is 2.28. The van der Waals surface area contributed by atoms with Crippen LogP contribution in [-0.2, 0) is 0 Å². The molecule has 0 bridgehead atoms. The average Bonchev–Trinajstić information content (AvgIpc) is 2.04. The highest BCUT2D eigenvalue weighted by atomic mass is 16.3. The Bertz CT molecular complexity index is 119. The number of nitrogens with zero attached hydrogens (tertiary/aromatic N) is 1. The zero-order valence-electron chi connectivity index (χ0n) is 7.38. The maximum absolute atomic E-state index is 9.57. The molecule has 0 amide bonds. The van der Waals surface area contributed by atoms with Crippen LogP contribution in [0.25, 0.3) is 0 Å². The third kappa shape index (κ3) is 2.15. The van der Waals surface area contributed by atoms with E-state index in [1.165, 1.54) is 0 Å². The van der Waals surface area contributed by atoms with Crippen LogP contribution in [0.15, 0.2) is 0 Å². The van der Waals surface area contributed by atoms with Gasteiger partial charge in [-0.3, -0.25) is 0 Å². The molecule has 1 heterocycles. The number of aliphatic hydroxyl groups excluding tert-OH is 1. The molecule has 1 aliphatic rings. The summed E-state index contributed by atoms with van der Waals surface area (Å²) in [5.74, 6) is 0. The van der Waals surface area contributed by atoms with Crippen molar-refractivity contribution in [1.29, 1.82) is 0 Å². The van der Waals surface area contributed by atoms with Crippen molar-refractivity contribution < 1.29 is 5.11 Å². The van der Waals surface area contributed by atoms with E-state index in [0.29, 0.717) is 6.04 Å². The Hall–Kier alpha value is -0.120. The van der Waals surface area contributed by atoms with Crippen molar-refractivity contribution in [2.24, 2.45) is 0 Å². The minimum absolute atomic E-state index is 0.186. The molecule has 1 rings (SSSR count). The van der Waals surface area contributed by atoms with E-state index in [-0.39, 0.29) is 6.10 Å². The molecule has 1 saturated heterocycles. The molecule has 1 aliphatic heterocycles. The van der Waals surface area contributed by atoms with Gasteiger partial charge in [0.1, 0.15) is 0 Å². The lowest BCUT2D eigenvalue weighted by atomic mass is 10.0. The Labute approximate surface area is 68.4 Å². The fraction of sp³-hybridized carbons (Fsp3) is 1.00. The number of hydrogen-bond acceptors (Lipinski definition) is 3. The first kappa shape index (κ1) is 8.97. The molecule has 2 N–H and O–H groups in total. The molecule has 0 unspecified atom stereocenters. The van der Waals surface area contributed by atoms with Crippen molar-refractivity contribution in [2.75, 3.05) is 26.7 Å². The van der Waals surface area contributed by atoms with Crippen LogP contribution in [0.5, 0.6) is 0 Å². The van der Waals surface area contributed by atoms with E-state index in [1.807, 2.05) is 7.05 Å². The van der Waals surface area contributed by atoms with Gasteiger partial charge in [-0.2, -0.15) is 0 Å². The normalized spacial score (nSPS) is 34.1. The summed E-state index contributed by atoms with van der Waals surface area (Å²) in [6.07, 6.45) is 0.875. The maximum Gasteiger partial charge on any atom is 0.0820 e. The Kier molecular flexibility index (Phi) is 3.30. The summed E-state index contributed by atoms with van der Waals surface area (Å²) in [7, 11) is 1.91. The van der Waals surface area contributed by atoms with Crippen LogP contribution in [0.3, 0.4) is 0 Å². The summed E-state index contributed by atoms with van der Waals surface area (Å²) in [5, 5.41) is 12.7. The molecule has 2 atom stereocenters. The predicted octanol–water partition coefficient (Wildman–Crippen LogP) is -0.339. The number of hydrogen-bond donors (Lipinski definition) is 2. The fourth-order valence-corrected chi connectivity index (χ4v) is 1.62. The van der Waals surface area contributed by atoms with Crippen LogP contribution in [-0.4, -0.2) is 48.8 Å². The zero-order chi connectivity index (χ0) is 8.27. The largest absolute Gasteiger partial charge is 0.390 e. The molecule has 1 fully saturated rings. The Morgan fingerprint density at radius 3 is 2.82 bits per heavy atom. The second-order valence-corrected chi connectivity index (χ2v) is 3.14. The topological polar surface area (TPSA) is 35.5 Å². The van der Waals surface area contributed by atoms with Crippen LogP contribution >= 0.6 is 0 Å². The number of likely N-dealkylation sites (tertiary alicyclic amines) is 1. The molecular formula is C8H18N2O. The number of β-amino-alcohol motifs (C(OH)–C–C–N with tert-alkyl or cyclic N) is 1. The van der Waals surface area contributed by atoms with Crippen molar-refractivity contribution >= 4 is 0 Å². The van der Waals surface area contributed by atoms with Gasteiger partial charge >= 0.3 is 0 Å². The van der Waals surface area contributed by atoms with Gasteiger partial charge in [0.25, 0.3) is 0 Å². The van der Waals surface area contributed by atoms with Gasteiger partial charge in [0.2, 0.25) is 0 Å². The van der Waals surface area contributed by atoms with Gasteiger partial charge < -0.3 is 15.3 Å². The first-order valence-corrected chi connectivity index (χ1v) is 4.35. The molecule has 11 heavy (non-hydrogen) atoms. The lowest BCUT2D eigenvalue weighted by molar-refractivity contribution is 0.0457. The summed E-state index contributed by atoms with van der Waals surface area (Å²) in [5.41, 5.74) is 0. The highest BCUT2D eigenvalue weighted by Gasteiger charge is 2.24. The number of piperidine rings is 1. The minimum Gasteiger partial charge on any atom is -0.390 e. The molecule has 0 radical (unpaired) electrons. The molecule has 0 aromatic heterocycles. The third-order valence-corrected chi connectivity index (χ3v) is 2.48. The molecule has 3 heteroatoms. The average molecular weight is 158 g/mol. The first-order chi connectivity index (χ1) is 5.27. The molecule has 3 nitrogen and oxygen atoms in total. The van der Waals surface area contributed by atoms with Crippen LogP contribution in [0.1, 0.15) is 13.3 Å². The summed E-state index contributed by atoms with van der Waals surface area (Å²) < 4.78 is 0. The lowest BCUT2D eigenvalue weighted by Crippen LogP contribution is -2.51. The van der Waals surface area contributed by atoms with E-state index in [2.05, 4.69) is 17.1 Å². The molecule has 66 valence electrons. The second kappa shape index (κ2) is 4.04. The number of nitrogens with one attached hydrogen (secondary N) is 1. The van der Waals surface area contributed by atoms with E-state index in [4.69, 9.17) is 0 Å². The van der Waals surface area contributed by atoms with Crippen molar-refractivity contribution in [3.05, 3.63) is 0 Å². The molecular weight excluding hydrogens is 140 g/mol. The summed E-state index contributed by atoms with van der Waals surface area (Å²) in [6, 6.07) is 0.304. The number of rotatable bonds is 2. The SMILES string of the molecule is CCN1CC[C@@H](NC)[C@H](O)C1. The van der Waals surface area contributed by atoms with E-state index in [1.54, 1.807) is 0 Å². The van der Waals surface area contributed by atoms with Crippen molar-refractivity contribution in [2.45, 2.75) is 25.5 Å². The monoisotopic (exact) mass is 158 g/mol.